The lowest BCUT2D eigenvalue weighted by Gasteiger charge is -2.38. The van der Waals surface area contributed by atoms with E-state index in [4.69, 9.17) is 9.47 Å². The second-order valence-electron chi connectivity index (χ2n) is 7.39. The first-order chi connectivity index (χ1) is 12.3. The summed E-state index contributed by atoms with van der Waals surface area (Å²) in [4.78, 5) is 26.2. The van der Waals surface area contributed by atoms with Crippen molar-refractivity contribution < 1.29 is 19.1 Å². The van der Waals surface area contributed by atoms with Crippen LogP contribution in [0.5, 0.6) is 11.5 Å². The standard InChI is InChI=1S/C21H23NO4/c1-21(2,3)26-20(24)22-13-16(14-22)19(23)15-8-7-11-18(12-15)25-17-9-5-4-6-10-17/h4-12,16H,13-14H2,1-3H3. The molecule has 0 radical (unpaired) electrons. The van der Waals surface area contributed by atoms with Gasteiger partial charge in [0, 0.05) is 18.7 Å². The van der Waals surface area contributed by atoms with Gasteiger partial charge in [0.1, 0.15) is 17.1 Å². The van der Waals surface area contributed by atoms with Gasteiger partial charge in [-0.25, -0.2) is 4.79 Å². The van der Waals surface area contributed by atoms with Crippen LogP contribution in [-0.4, -0.2) is 35.5 Å². The largest absolute Gasteiger partial charge is 0.457 e. The molecule has 0 spiro atoms. The highest BCUT2D eigenvalue weighted by Crippen LogP contribution is 2.26. The number of likely N-dealkylation sites (tertiary alicyclic amines) is 1. The van der Waals surface area contributed by atoms with E-state index in [9.17, 15) is 9.59 Å². The highest BCUT2D eigenvalue weighted by atomic mass is 16.6. The number of hydrogen-bond donors (Lipinski definition) is 0. The Kier molecular flexibility index (Phi) is 4.98. The fourth-order valence-corrected chi connectivity index (χ4v) is 2.69. The van der Waals surface area contributed by atoms with Gasteiger partial charge < -0.3 is 14.4 Å². The minimum absolute atomic E-state index is 0.0170. The van der Waals surface area contributed by atoms with Crippen molar-refractivity contribution in [3.63, 3.8) is 0 Å². The van der Waals surface area contributed by atoms with Crippen molar-refractivity contribution in [2.24, 2.45) is 5.92 Å². The lowest BCUT2D eigenvalue weighted by molar-refractivity contribution is 0.00148. The van der Waals surface area contributed by atoms with Crippen LogP contribution in [0.25, 0.3) is 0 Å². The first kappa shape index (κ1) is 18.0. The van der Waals surface area contributed by atoms with Gasteiger partial charge in [0.15, 0.2) is 5.78 Å². The molecule has 136 valence electrons. The number of para-hydroxylation sites is 1. The number of rotatable bonds is 4. The molecule has 5 heteroatoms. The Balaban J connectivity index is 1.59. The number of hydrogen-bond acceptors (Lipinski definition) is 4. The molecule has 0 atom stereocenters. The zero-order valence-corrected chi connectivity index (χ0v) is 15.3. The van der Waals surface area contributed by atoms with Gasteiger partial charge in [-0.05, 0) is 45.0 Å². The van der Waals surface area contributed by atoms with Gasteiger partial charge in [0.2, 0.25) is 0 Å². The molecule has 0 unspecified atom stereocenters. The monoisotopic (exact) mass is 353 g/mol. The fraction of sp³-hybridized carbons (Fsp3) is 0.333. The first-order valence-electron chi connectivity index (χ1n) is 8.67. The second-order valence-corrected chi connectivity index (χ2v) is 7.39. The topological polar surface area (TPSA) is 55.8 Å². The summed E-state index contributed by atoms with van der Waals surface area (Å²) in [5, 5.41) is 0. The number of carbonyl (C=O) groups is 2. The van der Waals surface area contributed by atoms with Gasteiger partial charge in [-0.1, -0.05) is 30.3 Å². The molecular weight excluding hydrogens is 330 g/mol. The summed E-state index contributed by atoms with van der Waals surface area (Å²) in [6.07, 6.45) is -0.372. The zero-order valence-electron chi connectivity index (χ0n) is 15.3. The van der Waals surface area contributed by atoms with E-state index in [1.54, 1.807) is 23.1 Å². The number of Topliss-reactive ketones (excluding diaryl/α,β-unsaturated/α-hetero) is 1. The molecule has 0 saturated carbocycles. The van der Waals surface area contributed by atoms with Gasteiger partial charge in [0.05, 0.1) is 5.92 Å². The van der Waals surface area contributed by atoms with Crippen LogP contribution < -0.4 is 4.74 Å². The maximum Gasteiger partial charge on any atom is 0.410 e. The minimum Gasteiger partial charge on any atom is -0.457 e. The lowest BCUT2D eigenvalue weighted by Crippen LogP contribution is -2.54. The minimum atomic E-state index is -0.532. The Morgan fingerprint density at radius 2 is 1.62 bits per heavy atom. The Hall–Kier alpha value is -2.82. The first-order valence-corrected chi connectivity index (χ1v) is 8.67. The van der Waals surface area contributed by atoms with E-state index in [2.05, 4.69) is 0 Å². The van der Waals surface area contributed by atoms with Gasteiger partial charge in [-0.2, -0.15) is 0 Å². The summed E-state index contributed by atoms with van der Waals surface area (Å²) >= 11 is 0. The van der Waals surface area contributed by atoms with Crippen molar-refractivity contribution in [2.75, 3.05) is 13.1 Å². The molecule has 0 bridgehead atoms. The maximum atomic E-state index is 12.7. The van der Waals surface area contributed by atoms with Gasteiger partial charge >= 0.3 is 6.09 Å². The van der Waals surface area contributed by atoms with E-state index in [0.717, 1.165) is 5.75 Å². The highest BCUT2D eigenvalue weighted by molar-refractivity contribution is 5.99. The third-order valence-corrected chi connectivity index (χ3v) is 4.00. The van der Waals surface area contributed by atoms with E-state index in [1.165, 1.54) is 0 Å². The Labute approximate surface area is 153 Å². The summed E-state index contributed by atoms with van der Waals surface area (Å²) in [5.41, 5.74) is 0.0576. The van der Waals surface area contributed by atoms with Crippen molar-refractivity contribution in [3.8, 4) is 11.5 Å². The molecule has 1 fully saturated rings. The van der Waals surface area contributed by atoms with Crippen LogP contribution in [0, 0.1) is 5.92 Å². The van der Waals surface area contributed by atoms with E-state index >= 15 is 0 Å². The molecule has 1 amide bonds. The fourth-order valence-electron chi connectivity index (χ4n) is 2.69. The normalized spacial score (nSPS) is 14.5. The second kappa shape index (κ2) is 7.20. The number of nitrogens with zero attached hydrogens (tertiary/aromatic N) is 1. The lowest BCUT2D eigenvalue weighted by atomic mass is 9.91. The molecular formula is C21H23NO4. The molecule has 26 heavy (non-hydrogen) atoms. The van der Waals surface area contributed by atoms with Gasteiger partial charge in [-0.3, -0.25) is 4.79 Å². The third kappa shape index (κ3) is 4.42. The van der Waals surface area contributed by atoms with Crippen LogP contribution >= 0.6 is 0 Å². The molecule has 1 heterocycles. The van der Waals surface area contributed by atoms with E-state index in [0.29, 0.717) is 24.4 Å². The third-order valence-electron chi connectivity index (χ3n) is 4.00. The quantitative estimate of drug-likeness (QED) is 0.758. The molecule has 1 saturated heterocycles. The summed E-state index contributed by atoms with van der Waals surface area (Å²) in [5.74, 6) is 1.15. The number of ether oxygens (including phenoxy) is 2. The summed E-state index contributed by atoms with van der Waals surface area (Å²) in [7, 11) is 0. The Morgan fingerprint density at radius 1 is 0.962 bits per heavy atom. The number of ketones is 1. The molecule has 3 rings (SSSR count). The highest BCUT2D eigenvalue weighted by Gasteiger charge is 2.38. The molecule has 0 aromatic heterocycles. The molecule has 5 nitrogen and oxygen atoms in total. The predicted molar refractivity (Wildman–Crippen MR) is 98.6 cm³/mol. The van der Waals surface area contributed by atoms with E-state index in [-0.39, 0.29) is 17.8 Å². The van der Waals surface area contributed by atoms with E-state index in [1.807, 2.05) is 57.2 Å². The van der Waals surface area contributed by atoms with Crippen LogP contribution in [0.3, 0.4) is 0 Å². The van der Waals surface area contributed by atoms with Crippen LogP contribution in [0.15, 0.2) is 54.6 Å². The van der Waals surface area contributed by atoms with Crippen LogP contribution in [0.1, 0.15) is 31.1 Å². The van der Waals surface area contributed by atoms with Crippen molar-refractivity contribution in [3.05, 3.63) is 60.2 Å². The Morgan fingerprint density at radius 3 is 2.27 bits per heavy atom. The van der Waals surface area contributed by atoms with Crippen LogP contribution in [0.4, 0.5) is 4.79 Å². The smallest absolute Gasteiger partial charge is 0.410 e. The number of benzene rings is 2. The predicted octanol–water partition coefficient (Wildman–Crippen LogP) is 4.53. The number of amides is 1. The summed E-state index contributed by atoms with van der Waals surface area (Å²) < 4.78 is 11.1. The van der Waals surface area contributed by atoms with Crippen molar-refractivity contribution >= 4 is 11.9 Å². The number of carbonyl (C=O) groups excluding carboxylic acids is 2. The molecule has 2 aromatic rings. The van der Waals surface area contributed by atoms with Gasteiger partial charge in [-0.15, -0.1) is 0 Å². The molecule has 2 aromatic carbocycles. The molecule has 1 aliphatic rings. The molecule has 1 aliphatic heterocycles. The van der Waals surface area contributed by atoms with Crippen molar-refractivity contribution in [1.82, 2.24) is 4.90 Å². The van der Waals surface area contributed by atoms with Crippen LogP contribution in [-0.2, 0) is 4.74 Å². The van der Waals surface area contributed by atoms with Crippen molar-refractivity contribution in [2.45, 2.75) is 26.4 Å². The van der Waals surface area contributed by atoms with Gasteiger partial charge in [0.25, 0.3) is 0 Å². The summed E-state index contributed by atoms with van der Waals surface area (Å²) in [6.45, 7) is 6.25. The SMILES string of the molecule is CC(C)(C)OC(=O)N1CC(C(=O)c2cccc(Oc3ccccc3)c2)C1. The maximum absolute atomic E-state index is 12.7. The average Bonchev–Trinajstić information content (AvgIpc) is 2.53. The van der Waals surface area contributed by atoms with E-state index < -0.39 is 5.60 Å². The molecule has 0 N–H and O–H groups in total. The zero-order chi connectivity index (χ0) is 18.7. The molecule has 0 aliphatic carbocycles. The average molecular weight is 353 g/mol. The summed E-state index contributed by atoms with van der Waals surface area (Å²) in [6, 6.07) is 16.6. The van der Waals surface area contributed by atoms with Crippen molar-refractivity contribution in [1.29, 1.82) is 0 Å². The van der Waals surface area contributed by atoms with Crippen LogP contribution in [0.2, 0.25) is 0 Å². The Bertz CT molecular complexity index is 789.